The van der Waals surface area contributed by atoms with Crippen LogP contribution < -0.4 is 0 Å². The molecule has 0 saturated heterocycles. The van der Waals surface area contributed by atoms with Gasteiger partial charge < -0.3 is 0 Å². The van der Waals surface area contributed by atoms with Crippen molar-refractivity contribution in [2.24, 2.45) is 0 Å². The lowest BCUT2D eigenvalue weighted by molar-refractivity contribution is -0.171. The first-order valence-electron chi connectivity index (χ1n) is 4.23. The summed E-state index contributed by atoms with van der Waals surface area (Å²) in [5.41, 5.74) is -0.751. The van der Waals surface area contributed by atoms with Crippen molar-refractivity contribution >= 4 is 17.4 Å². The maximum absolute atomic E-state index is 13.3. The summed E-state index contributed by atoms with van der Waals surface area (Å²) in [6, 6.07) is 4.21. The molecule has 0 amide bonds. The Bertz CT molecular complexity index is 472. The van der Waals surface area contributed by atoms with Crippen molar-refractivity contribution in [1.82, 2.24) is 0 Å². The monoisotopic (exact) mass is 265 g/mol. The first-order valence-corrected chi connectivity index (χ1v) is 4.61. The van der Waals surface area contributed by atoms with Crippen LogP contribution in [0.4, 0.5) is 17.6 Å². The molecule has 0 bridgehead atoms. The topological polar surface area (TPSA) is 40.9 Å². The van der Waals surface area contributed by atoms with Gasteiger partial charge in [-0.25, -0.2) is 4.39 Å². The predicted octanol–water partition coefficient (Wildman–Crippen LogP) is 3.22. The van der Waals surface area contributed by atoms with Gasteiger partial charge in [0.2, 0.25) is 0 Å². The van der Waals surface area contributed by atoms with Gasteiger partial charge in [0, 0.05) is 10.6 Å². The lowest BCUT2D eigenvalue weighted by Gasteiger charge is -2.13. The van der Waals surface area contributed by atoms with Crippen LogP contribution in [0.15, 0.2) is 18.2 Å². The number of benzene rings is 1. The Kier molecular flexibility index (Phi) is 3.73. The predicted molar refractivity (Wildman–Crippen MR) is 50.8 cm³/mol. The Morgan fingerprint density at radius 3 is 2.41 bits per heavy atom. The highest BCUT2D eigenvalue weighted by atomic mass is 35.5. The van der Waals surface area contributed by atoms with Crippen LogP contribution in [0.1, 0.15) is 11.5 Å². The summed E-state index contributed by atoms with van der Waals surface area (Å²) < 4.78 is 49.8. The molecule has 0 N–H and O–H groups in total. The van der Waals surface area contributed by atoms with Crippen molar-refractivity contribution in [3.63, 3.8) is 0 Å². The van der Waals surface area contributed by atoms with Crippen LogP contribution >= 0.6 is 11.6 Å². The molecule has 1 unspecified atom stereocenters. The molecule has 2 nitrogen and oxygen atoms in total. The minimum atomic E-state index is -5.22. The first kappa shape index (κ1) is 13.5. The van der Waals surface area contributed by atoms with Crippen LogP contribution in [0.5, 0.6) is 0 Å². The van der Waals surface area contributed by atoms with Crippen LogP contribution in [0.3, 0.4) is 0 Å². The van der Waals surface area contributed by atoms with E-state index in [9.17, 15) is 22.4 Å². The molecule has 0 aliphatic heterocycles. The molecule has 90 valence electrons. The van der Waals surface area contributed by atoms with E-state index in [1.807, 2.05) is 0 Å². The minimum Gasteiger partial charge on any atom is -0.288 e. The van der Waals surface area contributed by atoms with E-state index in [1.54, 1.807) is 0 Å². The molecule has 1 aromatic carbocycles. The Labute approximate surface area is 98.4 Å². The van der Waals surface area contributed by atoms with E-state index >= 15 is 0 Å². The third kappa shape index (κ3) is 2.74. The number of alkyl halides is 3. The number of hydrogen-bond donors (Lipinski definition) is 0. The van der Waals surface area contributed by atoms with Crippen molar-refractivity contribution < 1.29 is 22.4 Å². The Morgan fingerprint density at radius 1 is 1.41 bits per heavy atom. The van der Waals surface area contributed by atoms with Gasteiger partial charge in [0.15, 0.2) is 0 Å². The van der Waals surface area contributed by atoms with E-state index in [0.717, 1.165) is 24.3 Å². The molecule has 0 aliphatic carbocycles. The largest absolute Gasteiger partial charge is 0.451 e. The van der Waals surface area contributed by atoms with Crippen LogP contribution in [-0.4, -0.2) is 12.0 Å². The molecular weight excluding hydrogens is 262 g/mol. The molecule has 0 heterocycles. The van der Waals surface area contributed by atoms with E-state index in [2.05, 4.69) is 0 Å². The third-order valence-electron chi connectivity index (χ3n) is 1.96. The number of nitriles is 1. The SMILES string of the molecule is N#CC(C(=O)C(F)(F)F)c1c(F)cccc1Cl. The Hall–Kier alpha value is -1.61. The van der Waals surface area contributed by atoms with Gasteiger partial charge in [-0.3, -0.25) is 4.79 Å². The van der Waals surface area contributed by atoms with Gasteiger partial charge in [-0.15, -0.1) is 0 Å². The summed E-state index contributed by atoms with van der Waals surface area (Å²) in [5, 5.41) is 8.17. The van der Waals surface area contributed by atoms with Crippen LogP contribution in [0.25, 0.3) is 0 Å². The second-order valence-corrected chi connectivity index (χ2v) is 3.47. The fraction of sp³-hybridized carbons (Fsp3) is 0.200. The smallest absolute Gasteiger partial charge is 0.288 e. The molecule has 1 atom stereocenters. The van der Waals surface area contributed by atoms with E-state index in [-0.39, 0.29) is 0 Å². The van der Waals surface area contributed by atoms with Crippen molar-refractivity contribution in [3.05, 3.63) is 34.6 Å². The molecule has 0 aliphatic rings. The minimum absolute atomic E-state index is 0.394. The molecule has 0 spiro atoms. The van der Waals surface area contributed by atoms with Crippen LogP contribution in [-0.2, 0) is 4.79 Å². The summed E-state index contributed by atoms with van der Waals surface area (Å²) in [7, 11) is 0. The molecule has 1 rings (SSSR count). The van der Waals surface area contributed by atoms with Crippen molar-refractivity contribution in [3.8, 4) is 6.07 Å². The second-order valence-electron chi connectivity index (χ2n) is 3.06. The van der Waals surface area contributed by atoms with Gasteiger partial charge in [-0.2, -0.15) is 18.4 Å². The van der Waals surface area contributed by atoms with Gasteiger partial charge in [0.05, 0.1) is 6.07 Å². The van der Waals surface area contributed by atoms with E-state index in [0.29, 0.717) is 0 Å². The van der Waals surface area contributed by atoms with E-state index in [1.165, 1.54) is 0 Å². The first-order chi connectivity index (χ1) is 7.79. The quantitative estimate of drug-likeness (QED) is 0.771. The van der Waals surface area contributed by atoms with Crippen molar-refractivity contribution in [1.29, 1.82) is 5.26 Å². The number of hydrogen-bond acceptors (Lipinski definition) is 2. The molecule has 0 fully saturated rings. The molecule has 17 heavy (non-hydrogen) atoms. The fourth-order valence-corrected chi connectivity index (χ4v) is 1.48. The summed E-state index contributed by atoms with van der Waals surface area (Å²) >= 11 is 5.49. The molecule has 7 heteroatoms. The van der Waals surface area contributed by atoms with Gasteiger partial charge in [0.25, 0.3) is 5.78 Å². The number of rotatable bonds is 2. The van der Waals surface area contributed by atoms with Crippen LogP contribution in [0, 0.1) is 17.1 Å². The number of nitrogens with zero attached hydrogens (tertiary/aromatic N) is 1. The van der Waals surface area contributed by atoms with E-state index in [4.69, 9.17) is 16.9 Å². The summed E-state index contributed by atoms with van der Waals surface area (Å²) in [6.45, 7) is 0. The Balaban J connectivity index is 3.30. The highest BCUT2D eigenvalue weighted by Gasteiger charge is 2.45. The number of halogens is 5. The van der Waals surface area contributed by atoms with E-state index < -0.39 is 34.3 Å². The van der Waals surface area contributed by atoms with Crippen LogP contribution in [0.2, 0.25) is 5.02 Å². The van der Waals surface area contributed by atoms with Gasteiger partial charge in [0.1, 0.15) is 11.7 Å². The summed E-state index contributed by atoms with van der Waals surface area (Å²) in [4.78, 5) is 10.9. The zero-order valence-electron chi connectivity index (χ0n) is 8.05. The molecule has 0 saturated carbocycles. The average molecular weight is 266 g/mol. The lowest BCUT2D eigenvalue weighted by Crippen LogP contribution is -2.29. The number of ketones is 1. The molecule has 1 aromatic rings. The molecule has 0 radical (unpaired) electrons. The normalized spacial score (nSPS) is 12.9. The second kappa shape index (κ2) is 4.72. The highest BCUT2D eigenvalue weighted by Crippen LogP contribution is 2.32. The van der Waals surface area contributed by atoms with Crippen molar-refractivity contribution in [2.45, 2.75) is 12.1 Å². The van der Waals surface area contributed by atoms with Gasteiger partial charge >= 0.3 is 6.18 Å². The standard InChI is InChI=1S/C10H4ClF4NO/c11-6-2-1-3-7(12)8(6)5(4-16)9(17)10(13,14)15/h1-3,5H. The van der Waals surface area contributed by atoms with Crippen molar-refractivity contribution in [2.75, 3.05) is 0 Å². The molecule has 0 aromatic heterocycles. The zero-order valence-corrected chi connectivity index (χ0v) is 8.81. The third-order valence-corrected chi connectivity index (χ3v) is 2.29. The van der Waals surface area contributed by atoms with Gasteiger partial charge in [-0.05, 0) is 12.1 Å². The zero-order chi connectivity index (χ0) is 13.2. The number of carbonyl (C=O) groups excluding carboxylic acids is 1. The summed E-state index contributed by atoms with van der Waals surface area (Å²) in [6.07, 6.45) is -5.22. The maximum atomic E-state index is 13.3. The fourth-order valence-electron chi connectivity index (χ4n) is 1.20. The average Bonchev–Trinajstić information content (AvgIpc) is 2.21. The summed E-state index contributed by atoms with van der Waals surface area (Å²) in [5.74, 6) is -5.75. The lowest BCUT2D eigenvalue weighted by atomic mass is 9.95. The number of Topliss-reactive ketones (excluding diaryl/α,β-unsaturated/α-hetero) is 1. The molecular formula is C10H4ClF4NO. The van der Waals surface area contributed by atoms with Gasteiger partial charge in [-0.1, -0.05) is 17.7 Å². The maximum Gasteiger partial charge on any atom is 0.451 e. The Morgan fingerprint density at radius 2 is 2.00 bits per heavy atom. The highest BCUT2D eigenvalue weighted by molar-refractivity contribution is 6.31. The number of carbonyl (C=O) groups is 1.